The largest absolute Gasteiger partial charge is 0.369 e. The van der Waals surface area contributed by atoms with E-state index in [1.165, 1.54) is 6.21 Å². The van der Waals surface area contributed by atoms with E-state index in [4.69, 9.17) is 5.41 Å². The van der Waals surface area contributed by atoms with Crippen LogP contribution in [0, 0.1) is 0 Å². The van der Waals surface area contributed by atoms with Gasteiger partial charge in [-0.2, -0.15) is 0 Å². The van der Waals surface area contributed by atoms with Crippen molar-refractivity contribution in [3.63, 3.8) is 0 Å². The van der Waals surface area contributed by atoms with E-state index >= 15 is 0 Å². The third-order valence-corrected chi connectivity index (χ3v) is 4.63. The van der Waals surface area contributed by atoms with Gasteiger partial charge >= 0.3 is 0 Å². The van der Waals surface area contributed by atoms with Crippen molar-refractivity contribution in [1.29, 1.82) is 0 Å². The topological polar surface area (TPSA) is 79.5 Å². The maximum Gasteiger partial charge on any atom is 0.266 e. The first-order valence-corrected chi connectivity index (χ1v) is 9.44. The third-order valence-electron chi connectivity index (χ3n) is 4.63. The van der Waals surface area contributed by atoms with Gasteiger partial charge in [0.25, 0.3) is 5.92 Å². The summed E-state index contributed by atoms with van der Waals surface area (Å²) in [6.07, 6.45) is 3.66. The summed E-state index contributed by atoms with van der Waals surface area (Å²) < 4.78 is 27.6. The van der Waals surface area contributed by atoms with Crippen molar-refractivity contribution in [3.8, 4) is 0 Å². The van der Waals surface area contributed by atoms with Gasteiger partial charge in [0.1, 0.15) is 23.0 Å². The number of anilines is 2. The summed E-state index contributed by atoms with van der Waals surface area (Å²) in [5.41, 5.74) is 1.17. The van der Waals surface area contributed by atoms with Gasteiger partial charge in [-0.1, -0.05) is 26.8 Å². The van der Waals surface area contributed by atoms with Gasteiger partial charge in [0.15, 0.2) is 6.21 Å². The first-order chi connectivity index (χ1) is 13.2. The zero-order valence-corrected chi connectivity index (χ0v) is 16.5. The lowest BCUT2D eigenvalue weighted by atomic mass is 9.95. The number of alkyl halides is 2. The van der Waals surface area contributed by atoms with E-state index in [0.717, 1.165) is 5.69 Å². The molecule has 0 amide bonds. The Morgan fingerprint density at radius 3 is 2.64 bits per heavy atom. The maximum atomic E-state index is 13.8. The summed E-state index contributed by atoms with van der Waals surface area (Å²) in [7, 11) is 0. The monoisotopic (exact) mass is 389 g/mol. The van der Waals surface area contributed by atoms with Crippen LogP contribution in [-0.4, -0.2) is 46.7 Å². The quantitative estimate of drug-likeness (QED) is 0.737. The molecular weight excluding hydrogens is 362 g/mol. The van der Waals surface area contributed by atoms with E-state index in [1.54, 1.807) is 11.1 Å². The van der Waals surface area contributed by atoms with E-state index in [1.807, 2.05) is 39.0 Å². The lowest BCUT2D eigenvalue weighted by Crippen LogP contribution is -2.34. The molecule has 3 N–H and O–H groups in total. The molecule has 0 unspecified atom stereocenters. The number of halogens is 2. The second kappa shape index (κ2) is 7.77. The molecule has 0 aliphatic carbocycles. The summed E-state index contributed by atoms with van der Waals surface area (Å²) in [6.45, 7) is 6.45. The van der Waals surface area contributed by atoms with Gasteiger partial charge in [0.2, 0.25) is 0 Å². The van der Waals surface area contributed by atoms with Crippen LogP contribution in [0.15, 0.2) is 24.4 Å². The molecule has 0 radical (unpaired) electrons. The molecule has 8 heteroatoms. The number of nitrogens with two attached hydrogens (primary N) is 1. The smallest absolute Gasteiger partial charge is 0.266 e. The van der Waals surface area contributed by atoms with Gasteiger partial charge in [-0.05, 0) is 12.1 Å². The first-order valence-electron chi connectivity index (χ1n) is 9.44. The molecule has 150 valence electrons. The highest BCUT2D eigenvalue weighted by Crippen LogP contribution is 2.34. The zero-order chi connectivity index (χ0) is 20.4. The number of hydrogen-bond acceptors (Lipinski definition) is 5. The highest BCUT2D eigenvalue weighted by molar-refractivity contribution is 5.89. The number of aromatic nitrogens is 3. The molecule has 0 bridgehead atoms. The SMILES string of the molecule is CC(C)(C)c1nc(NCCc2ccccn2)c(C=[NH2+])c(N2CCC(F)(F)C2)n1. The Morgan fingerprint density at radius 1 is 1.29 bits per heavy atom. The Bertz CT molecular complexity index is 833. The molecule has 1 fully saturated rings. The molecule has 0 atom stereocenters. The molecule has 3 rings (SSSR count). The van der Waals surface area contributed by atoms with E-state index in [9.17, 15) is 8.78 Å². The Labute approximate surface area is 163 Å². The summed E-state index contributed by atoms with van der Waals surface area (Å²) in [5.74, 6) is -1.11. The number of hydrogen-bond donors (Lipinski definition) is 2. The van der Waals surface area contributed by atoms with Gasteiger partial charge in [0.05, 0.1) is 6.54 Å². The van der Waals surface area contributed by atoms with E-state index in [2.05, 4.69) is 20.3 Å². The van der Waals surface area contributed by atoms with Crippen molar-refractivity contribution < 1.29 is 14.2 Å². The fraction of sp³-hybridized carbons (Fsp3) is 0.500. The average Bonchev–Trinajstić information content (AvgIpc) is 3.01. The van der Waals surface area contributed by atoms with Crippen LogP contribution in [-0.2, 0) is 11.8 Å². The van der Waals surface area contributed by atoms with Crippen molar-refractivity contribution in [2.24, 2.45) is 0 Å². The number of rotatable bonds is 6. The van der Waals surface area contributed by atoms with Crippen molar-refractivity contribution in [1.82, 2.24) is 15.0 Å². The molecule has 6 nitrogen and oxygen atoms in total. The second-order valence-corrected chi connectivity index (χ2v) is 8.08. The fourth-order valence-corrected chi connectivity index (χ4v) is 3.09. The van der Waals surface area contributed by atoms with Crippen LogP contribution in [0.3, 0.4) is 0 Å². The summed E-state index contributed by atoms with van der Waals surface area (Å²) in [5, 5.41) is 9.15. The minimum Gasteiger partial charge on any atom is -0.369 e. The Morgan fingerprint density at radius 2 is 2.07 bits per heavy atom. The van der Waals surface area contributed by atoms with Gasteiger partial charge in [-0.25, -0.2) is 18.7 Å². The van der Waals surface area contributed by atoms with Crippen LogP contribution in [0.4, 0.5) is 20.4 Å². The van der Waals surface area contributed by atoms with Crippen molar-refractivity contribution in [2.45, 2.75) is 45.0 Å². The molecule has 0 spiro atoms. The van der Waals surface area contributed by atoms with Crippen molar-refractivity contribution >= 4 is 17.9 Å². The molecular formula is C20H27F2N6+. The molecule has 2 aromatic heterocycles. The maximum absolute atomic E-state index is 13.8. The highest BCUT2D eigenvalue weighted by atomic mass is 19.3. The third kappa shape index (κ3) is 4.61. The normalized spacial score (nSPS) is 16.2. The Kier molecular flexibility index (Phi) is 5.58. The summed E-state index contributed by atoms with van der Waals surface area (Å²) >= 11 is 0. The van der Waals surface area contributed by atoms with Gasteiger partial charge in [0, 0.05) is 43.2 Å². The molecule has 2 aromatic rings. The zero-order valence-electron chi connectivity index (χ0n) is 16.5. The Hall–Kier alpha value is -2.64. The standard InChI is InChI=1S/C20H26F2N6/c1-19(2,3)18-26-16(25-10-7-14-6-4-5-9-24-14)15(12-23)17(27-18)28-11-8-20(21,22)13-28/h4-6,9,12,23H,7-8,10-11,13H2,1-3H3,(H,25,26,27)/p+1. The summed E-state index contributed by atoms with van der Waals surface area (Å²) in [6, 6.07) is 5.77. The molecule has 1 saturated heterocycles. The molecule has 1 aliphatic rings. The number of nitrogens with zero attached hydrogens (tertiary/aromatic N) is 4. The predicted octanol–water partition coefficient (Wildman–Crippen LogP) is 1.85. The minimum absolute atomic E-state index is 0.186. The number of nitrogens with one attached hydrogen (secondary N) is 1. The van der Waals surface area contributed by atoms with Gasteiger partial charge in [-0.3, -0.25) is 10.4 Å². The lowest BCUT2D eigenvalue weighted by molar-refractivity contribution is -0.104. The summed E-state index contributed by atoms with van der Waals surface area (Å²) in [4.78, 5) is 15.2. The van der Waals surface area contributed by atoms with Gasteiger partial charge in [-0.15, -0.1) is 0 Å². The van der Waals surface area contributed by atoms with Crippen LogP contribution < -0.4 is 15.6 Å². The lowest BCUT2D eigenvalue weighted by Gasteiger charge is -2.24. The Balaban J connectivity index is 1.91. The minimum atomic E-state index is -2.72. The fourth-order valence-electron chi connectivity index (χ4n) is 3.09. The van der Waals surface area contributed by atoms with Crippen LogP contribution in [0.25, 0.3) is 0 Å². The van der Waals surface area contributed by atoms with Crippen LogP contribution in [0.5, 0.6) is 0 Å². The number of pyridine rings is 1. The molecule has 28 heavy (non-hydrogen) atoms. The van der Waals surface area contributed by atoms with E-state index in [-0.39, 0.29) is 24.9 Å². The molecule has 1 aliphatic heterocycles. The molecule has 0 aromatic carbocycles. The van der Waals surface area contributed by atoms with Crippen LogP contribution in [0.1, 0.15) is 44.3 Å². The van der Waals surface area contributed by atoms with E-state index < -0.39 is 5.92 Å². The molecule has 0 saturated carbocycles. The van der Waals surface area contributed by atoms with Crippen LogP contribution in [0.2, 0.25) is 0 Å². The average molecular weight is 389 g/mol. The second-order valence-electron chi connectivity index (χ2n) is 8.08. The first kappa shape index (κ1) is 20.1. The van der Waals surface area contributed by atoms with Crippen molar-refractivity contribution in [2.75, 3.05) is 29.9 Å². The molecule has 3 heterocycles. The van der Waals surface area contributed by atoms with E-state index in [0.29, 0.717) is 36.0 Å². The van der Waals surface area contributed by atoms with Crippen LogP contribution >= 0.6 is 0 Å². The van der Waals surface area contributed by atoms with Crippen molar-refractivity contribution in [3.05, 3.63) is 41.5 Å². The highest BCUT2D eigenvalue weighted by Gasteiger charge is 2.40. The van der Waals surface area contributed by atoms with Gasteiger partial charge < -0.3 is 10.2 Å². The predicted molar refractivity (Wildman–Crippen MR) is 106 cm³/mol.